The third-order valence-electron chi connectivity index (χ3n) is 8.75. The molecule has 0 saturated heterocycles. The van der Waals surface area contributed by atoms with Crippen molar-refractivity contribution in [3.05, 3.63) is 0 Å². The number of rotatable bonds is 28. The van der Waals surface area contributed by atoms with Gasteiger partial charge < -0.3 is 59.3 Å². The number of amides is 7. The molecule has 20 heteroatoms. The molecule has 0 heterocycles. The van der Waals surface area contributed by atoms with Crippen molar-refractivity contribution in [2.75, 3.05) is 6.54 Å². The van der Waals surface area contributed by atoms with Crippen LogP contribution in [0.1, 0.15) is 112 Å². The fourth-order valence-electron chi connectivity index (χ4n) is 5.32. The molecule has 7 amide bonds. The van der Waals surface area contributed by atoms with Gasteiger partial charge in [-0.3, -0.25) is 38.6 Å². The van der Waals surface area contributed by atoms with Gasteiger partial charge in [-0.15, -0.1) is 0 Å². The third-order valence-corrected chi connectivity index (χ3v) is 8.75. The maximum Gasteiger partial charge on any atom is 0.326 e. The highest BCUT2D eigenvalue weighted by atomic mass is 16.4. The van der Waals surface area contributed by atoms with E-state index in [-0.39, 0.29) is 51.0 Å². The first-order valence-electron chi connectivity index (χ1n) is 18.8. The zero-order valence-electron chi connectivity index (χ0n) is 32.9. The number of carboxylic acids is 1. The number of guanidine groups is 1. The Bertz CT molecular complexity index is 1320. The van der Waals surface area contributed by atoms with E-state index in [1.165, 1.54) is 13.8 Å². The van der Waals surface area contributed by atoms with Gasteiger partial charge in [-0.05, 0) is 44.9 Å². The molecule has 55 heavy (non-hydrogen) atoms. The van der Waals surface area contributed by atoms with Crippen molar-refractivity contribution in [3.8, 4) is 0 Å². The number of hydrogen-bond donors (Lipinski definition) is 11. The van der Waals surface area contributed by atoms with Gasteiger partial charge in [0, 0.05) is 19.9 Å². The number of hydrogen-bond acceptors (Lipinski definition) is 10. The molecule has 0 aromatic heterocycles. The van der Waals surface area contributed by atoms with Crippen molar-refractivity contribution in [1.82, 2.24) is 31.9 Å². The first-order valence-corrected chi connectivity index (χ1v) is 18.8. The molecule has 0 aliphatic heterocycles. The van der Waals surface area contributed by atoms with Crippen molar-refractivity contribution in [1.29, 1.82) is 0 Å². The van der Waals surface area contributed by atoms with Crippen LogP contribution in [0.4, 0.5) is 0 Å². The van der Waals surface area contributed by atoms with E-state index in [4.69, 9.17) is 17.2 Å². The first-order chi connectivity index (χ1) is 25.8. The van der Waals surface area contributed by atoms with Gasteiger partial charge in [0.1, 0.15) is 36.3 Å². The van der Waals surface area contributed by atoms with Crippen LogP contribution in [0.15, 0.2) is 4.99 Å². The third kappa shape index (κ3) is 20.3. The molecule has 0 aromatic rings. The molecule has 0 spiro atoms. The van der Waals surface area contributed by atoms with E-state index in [1.54, 1.807) is 13.8 Å². The molecule has 0 fully saturated rings. The Morgan fingerprint density at radius 3 is 1.44 bits per heavy atom. The number of nitrogens with two attached hydrogens (primary N) is 3. The fraction of sp³-hybridized carbons (Fsp3) is 0.743. The highest BCUT2D eigenvalue weighted by Crippen LogP contribution is 2.12. The Kier molecular flexibility index (Phi) is 24.3. The van der Waals surface area contributed by atoms with Crippen LogP contribution in [0.3, 0.4) is 0 Å². The van der Waals surface area contributed by atoms with Crippen LogP contribution in [-0.4, -0.2) is 112 Å². The Balaban J connectivity index is 6.26. The zero-order valence-corrected chi connectivity index (χ0v) is 32.9. The number of aliphatic hydroxyl groups is 1. The molecule has 20 nitrogen and oxygen atoms in total. The monoisotopic (exact) mass is 784 g/mol. The molecule has 314 valence electrons. The second-order valence-corrected chi connectivity index (χ2v) is 13.6. The lowest BCUT2D eigenvalue weighted by Crippen LogP contribution is -2.61. The van der Waals surface area contributed by atoms with E-state index in [1.807, 2.05) is 13.8 Å². The molecule has 0 aliphatic carbocycles. The number of aliphatic imine (C=N–C) groups is 1. The van der Waals surface area contributed by atoms with Crippen molar-refractivity contribution in [2.45, 2.75) is 155 Å². The average Bonchev–Trinajstić information content (AvgIpc) is 3.11. The van der Waals surface area contributed by atoms with Crippen LogP contribution in [0, 0.1) is 5.92 Å². The number of nitrogens with zero attached hydrogens (tertiary/aromatic N) is 1. The molecule has 0 aliphatic rings. The minimum Gasteiger partial charge on any atom is -0.480 e. The van der Waals surface area contributed by atoms with Crippen molar-refractivity contribution >= 4 is 53.3 Å². The highest BCUT2D eigenvalue weighted by molar-refractivity contribution is 5.97. The van der Waals surface area contributed by atoms with Crippen LogP contribution >= 0.6 is 0 Å². The Hall–Kier alpha value is -5.01. The molecule has 0 aromatic carbocycles. The van der Waals surface area contributed by atoms with Gasteiger partial charge in [0.2, 0.25) is 41.4 Å². The van der Waals surface area contributed by atoms with Gasteiger partial charge in [0.15, 0.2) is 5.96 Å². The number of carbonyl (C=O) groups is 8. The predicted molar refractivity (Wildman–Crippen MR) is 203 cm³/mol. The van der Waals surface area contributed by atoms with Crippen LogP contribution < -0.4 is 49.1 Å². The van der Waals surface area contributed by atoms with Gasteiger partial charge >= 0.3 is 5.97 Å². The smallest absolute Gasteiger partial charge is 0.326 e. The zero-order chi connectivity index (χ0) is 42.2. The van der Waals surface area contributed by atoms with Crippen LogP contribution in [-0.2, 0) is 38.4 Å². The number of aliphatic hydroxyl groups excluding tert-OH is 1. The first kappa shape index (κ1) is 50.0. The second kappa shape index (κ2) is 26.7. The Morgan fingerprint density at radius 2 is 1.04 bits per heavy atom. The molecule has 0 saturated carbocycles. The highest BCUT2D eigenvalue weighted by Gasteiger charge is 2.35. The van der Waals surface area contributed by atoms with Gasteiger partial charge in [-0.1, -0.05) is 59.8 Å². The van der Waals surface area contributed by atoms with E-state index in [0.29, 0.717) is 32.1 Å². The number of carboxylic acid groups (broad SMARTS) is 1. The van der Waals surface area contributed by atoms with Crippen molar-refractivity contribution in [3.63, 3.8) is 0 Å². The molecular formula is C35H64N10O10. The standard InChI is InChI=1S/C35H64N10O10/c1-7-10-13-22(29(49)42-24(16-17-26(36)48)31(51)44-25(34(54)55)15-12-18-39-35(37)38)41-30(50)23(14-11-8-2)43-32(52)27(19(4)9-3)45-33(53)28(20(5)46)40-21(6)47/h19-20,22-25,27-28,46H,7-18H2,1-6H3,(H2,36,48)(H,40,47)(H,41,50)(H,42,49)(H,43,52)(H,44,51)(H,45,53)(H,54,55)(H4,37,38,39)/t19-,20+,22-,23-,24-,25-,27-,28-/m0/s1. The van der Waals surface area contributed by atoms with Crippen molar-refractivity contribution < 1.29 is 48.6 Å². The molecule has 0 radical (unpaired) electrons. The quantitative estimate of drug-likeness (QED) is 0.0236. The van der Waals surface area contributed by atoms with Crippen molar-refractivity contribution in [2.24, 2.45) is 28.1 Å². The van der Waals surface area contributed by atoms with Gasteiger partial charge in [-0.2, -0.15) is 0 Å². The summed E-state index contributed by atoms with van der Waals surface area (Å²) in [7, 11) is 0. The summed E-state index contributed by atoms with van der Waals surface area (Å²) < 4.78 is 0. The molecule has 0 bridgehead atoms. The Morgan fingerprint density at radius 1 is 0.600 bits per heavy atom. The largest absolute Gasteiger partial charge is 0.480 e. The topological polar surface area (TPSA) is 340 Å². The van der Waals surface area contributed by atoms with Crippen LogP contribution in [0.5, 0.6) is 0 Å². The van der Waals surface area contributed by atoms with Crippen LogP contribution in [0.2, 0.25) is 0 Å². The number of unbranched alkanes of at least 4 members (excludes halogenated alkanes) is 2. The lowest BCUT2D eigenvalue weighted by molar-refractivity contribution is -0.142. The van der Waals surface area contributed by atoms with E-state index in [0.717, 1.165) is 0 Å². The maximum absolute atomic E-state index is 13.8. The van der Waals surface area contributed by atoms with E-state index in [2.05, 4.69) is 36.9 Å². The number of aliphatic carboxylic acids is 1. The van der Waals surface area contributed by atoms with Crippen LogP contribution in [0.25, 0.3) is 0 Å². The lowest BCUT2D eigenvalue weighted by Gasteiger charge is -2.29. The minimum absolute atomic E-state index is 0.0492. The normalized spacial score (nSPS) is 15.3. The summed E-state index contributed by atoms with van der Waals surface area (Å²) in [5.41, 5.74) is 15.9. The summed E-state index contributed by atoms with van der Waals surface area (Å²) in [5, 5.41) is 35.0. The molecule has 14 N–H and O–H groups in total. The maximum atomic E-state index is 13.8. The van der Waals surface area contributed by atoms with E-state index in [9.17, 15) is 48.6 Å². The summed E-state index contributed by atoms with van der Waals surface area (Å²) in [5.74, 6) is -7.20. The summed E-state index contributed by atoms with van der Waals surface area (Å²) in [6.45, 7) is 9.85. The Labute approximate surface area is 322 Å². The van der Waals surface area contributed by atoms with E-state index < -0.39 is 95.6 Å². The van der Waals surface area contributed by atoms with E-state index >= 15 is 0 Å². The molecular weight excluding hydrogens is 720 g/mol. The summed E-state index contributed by atoms with van der Waals surface area (Å²) >= 11 is 0. The van der Waals surface area contributed by atoms with Gasteiger partial charge in [0.25, 0.3) is 0 Å². The summed E-state index contributed by atoms with van der Waals surface area (Å²) in [4.78, 5) is 106. The SMILES string of the molecule is CCCC[C@H](NC(=O)[C@H](CCCC)NC(=O)[C@@H](NC(=O)[C@@H](NC(C)=O)[C@@H](C)O)[C@@H](C)CC)C(=O)N[C@@H](CCC(N)=O)C(=O)N[C@@H](CCCN=C(N)N)C(=O)O. The predicted octanol–water partition coefficient (Wildman–Crippen LogP) is -1.87. The molecule has 8 atom stereocenters. The molecule has 0 unspecified atom stereocenters. The number of primary amides is 1. The summed E-state index contributed by atoms with van der Waals surface area (Å²) in [6, 6.07) is -7.63. The summed E-state index contributed by atoms with van der Waals surface area (Å²) in [6.07, 6.45) is 1.29. The average molecular weight is 785 g/mol. The number of carbonyl (C=O) groups excluding carboxylic acids is 7. The van der Waals surface area contributed by atoms with Gasteiger partial charge in [-0.25, -0.2) is 4.79 Å². The molecule has 0 rings (SSSR count). The lowest BCUT2D eigenvalue weighted by atomic mass is 9.96. The van der Waals surface area contributed by atoms with Gasteiger partial charge in [0.05, 0.1) is 6.10 Å². The second-order valence-electron chi connectivity index (χ2n) is 13.6. The fourth-order valence-corrected chi connectivity index (χ4v) is 5.32. The minimum atomic E-state index is -1.40. The number of nitrogens with one attached hydrogen (secondary N) is 6.